The largest absolute Gasteiger partial charge is 0.395 e. The summed E-state index contributed by atoms with van der Waals surface area (Å²) in [7, 11) is -3.68. The Hall–Kier alpha value is 0.150. The lowest BCUT2D eigenvalue weighted by Crippen LogP contribution is -2.34. The highest BCUT2D eigenvalue weighted by atomic mass is 35.5. The number of sulfonamides is 1. The van der Waals surface area contributed by atoms with E-state index in [-0.39, 0.29) is 22.4 Å². The molecule has 0 aromatic carbocycles. The molecule has 1 aromatic heterocycles. The van der Waals surface area contributed by atoms with Crippen molar-refractivity contribution in [3.05, 3.63) is 14.7 Å². The standard InChI is InChI=1S/C10H15Cl2NO3S2/c1-2-3-4-13(5-6-14)18(15,16)8-7-9(11)17-10(8)12/h7,14H,2-6H2,1H3. The van der Waals surface area contributed by atoms with Crippen LogP contribution in [0.1, 0.15) is 19.8 Å². The minimum atomic E-state index is -3.68. The van der Waals surface area contributed by atoms with E-state index < -0.39 is 10.0 Å². The minimum Gasteiger partial charge on any atom is -0.395 e. The lowest BCUT2D eigenvalue weighted by atomic mass is 10.3. The van der Waals surface area contributed by atoms with Crippen molar-refractivity contribution in [2.45, 2.75) is 24.7 Å². The molecule has 0 aliphatic carbocycles. The molecule has 0 amide bonds. The zero-order chi connectivity index (χ0) is 13.8. The van der Waals surface area contributed by atoms with Gasteiger partial charge >= 0.3 is 0 Å². The molecule has 0 unspecified atom stereocenters. The van der Waals surface area contributed by atoms with Crippen molar-refractivity contribution in [2.24, 2.45) is 0 Å². The van der Waals surface area contributed by atoms with Crippen LogP contribution in [0.2, 0.25) is 8.67 Å². The van der Waals surface area contributed by atoms with Crippen molar-refractivity contribution in [3.8, 4) is 0 Å². The van der Waals surface area contributed by atoms with Crippen molar-refractivity contribution in [3.63, 3.8) is 0 Å². The Balaban J connectivity index is 3.04. The monoisotopic (exact) mass is 331 g/mol. The molecule has 0 aliphatic heterocycles. The molecule has 1 aromatic rings. The highest BCUT2D eigenvalue weighted by Gasteiger charge is 2.27. The Morgan fingerprint density at radius 2 is 2.06 bits per heavy atom. The van der Waals surface area contributed by atoms with Crippen molar-refractivity contribution in [1.82, 2.24) is 4.31 Å². The topological polar surface area (TPSA) is 57.6 Å². The van der Waals surface area contributed by atoms with Crippen LogP contribution < -0.4 is 0 Å². The van der Waals surface area contributed by atoms with E-state index in [0.717, 1.165) is 24.2 Å². The van der Waals surface area contributed by atoms with Crippen LogP contribution in [-0.2, 0) is 10.0 Å². The van der Waals surface area contributed by atoms with Crippen LogP contribution in [0.25, 0.3) is 0 Å². The molecule has 0 fully saturated rings. The van der Waals surface area contributed by atoms with Gasteiger partial charge in [-0.1, -0.05) is 36.5 Å². The third-order valence-electron chi connectivity index (χ3n) is 2.35. The lowest BCUT2D eigenvalue weighted by Gasteiger charge is -2.20. The SMILES string of the molecule is CCCCN(CCO)S(=O)(=O)c1cc(Cl)sc1Cl. The van der Waals surface area contributed by atoms with Gasteiger partial charge in [0.25, 0.3) is 0 Å². The van der Waals surface area contributed by atoms with E-state index in [4.69, 9.17) is 28.3 Å². The van der Waals surface area contributed by atoms with Crippen LogP contribution in [-0.4, -0.2) is 37.5 Å². The summed E-state index contributed by atoms with van der Waals surface area (Å²) in [5.41, 5.74) is 0. The maximum absolute atomic E-state index is 12.3. The van der Waals surface area contributed by atoms with E-state index in [1.807, 2.05) is 6.92 Å². The van der Waals surface area contributed by atoms with Gasteiger partial charge in [-0.3, -0.25) is 0 Å². The van der Waals surface area contributed by atoms with Crippen LogP contribution in [0.15, 0.2) is 11.0 Å². The molecule has 18 heavy (non-hydrogen) atoms. The number of aliphatic hydroxyl groups excluding tert-OH is 1. The normalized spacial score (nSPS) is 12.3. The highest BCUT2D eigenvalue weighted by molar-refractivity contribution is 7.89. The fourth-order valence-electron chi connectivity index (χ4n) is 1.44. The first-order valence-corrected chi connectivity index (χ1v) is 8.50. The molecule has 0 spiro atoms. The van der Waals surface area contributed by atoms with Crippen molar-refractivity contribution < 1.29 is 13.5 Å². The van der Waals surface area contributed by atoms with E-state index in [0.29, 0.717) is 10.9 Å². The number of aliphatic hydroxyl groups is 1. The average molecular weight is 332 g/mol. The van der Waals surface area contributed by atoms with Gasteiger partial charge in [-0.05, 0) is 12.5 Å². The molecule has 0 saturated heterocycles. The molecule has 1 rings (SSSR count). The number of unbranched alkanes of at least 4 members (excludes halogenated alkanes) is 1. The Labute approximate surface area is 121 Å². The second-order valence-electron chi connectivity index (χ2n) is 3.67. The van der Waals surface area contributed by atoms with Crippen molar-refractivity contribution in [2.75, 3.05) is 19.7 Å². The molecule has 1 heterocycles. The van der Waals surface area contributed by atoms with Gasteiger partial charge in [-0.15, -0.1) is 11.3 Å². The molecule has 0 atom stereocenters. The predicted molar refractivity (Wildman–Crippen MR) is 75.1 cm³/mol. The zero-order valence-corrected chi connectivity index (χ0v) is 13.0. The van der Waals surface area contributed by atoms with Gasteiger partial charge in [0, 0.05) is 13.1 Å². The van der Waals surface area contributed by atoms with Gasteiger partial charge in [-0.25, -0.2) is 8.42 Å². The first-order chi connectivity index (χ1) is 8.43. The Bertz CT molecular complexity index is 487. The van der Waals surface area contributed by atoms with Crippen LogP contribution in [0, 0.1) is 0 Å². The quantitative estimate of drug-likeness (QED) is 0.835. The van der Waals surface area contributed by atoms with Gasteiger partial charge in [0.2, 0.25) is 10.0 Å². The number of nitrogens with zero attached hydrogens (tertiary/aromatic N) is 1. The van der Waals surface area contributed by atoms with Crippen molar-refractivity contribution in [1.29, 1.82) is 0 Å². The summed E-state index contributed by atoms with van der Waals surface area (Å²) in [6, 6.07) is 1.35. The van der Waals surface area contributed by atoms with Crippen LogP contribution in [0.4, 0.5) is 0 Å². The smallest absolute Gasteiger partial charge is 0.245 e. The molecule has 8 heteroatoms. The maximum atomic E-state index is 12.3. The molecule has 4 nitrogen and oxygen atoms in total. The average Bonchev–Trinajstić information content (AvgIpc) is 2.64. The minimum absolute atomic E-state index is 0.0173. The van der Waals surface area contributed by atoms with Crippen LogP contribution in [0.3, 0.4) is 0 Å². The first-order valence-electron chi connectivity index (χ1n) is 5.49. The van der Waals surface area contributed by atoms with E-state index >= 15 is 0 Å². The maximum Gasteiger partial charge on any atom is 0.245 e. The number of rotatable bonds is 7. The number of halogens is 2. The van der Waals surface area contributed by atoms with Gasteiger partial charge in [-0.2, -0.15) is 4.31 Å². The number of hydrogen-bond donors (Lipinski definition) is 1. The van der Waals surface area contributed by atoms with Gasteiger partial charge in [0.05, 0.1) is 10.9 Å². The summed E-state index contributed by atoms with van der Waals surface area (Å²) in [5, 5.41) is 8.96. The summed E-state index contributed by atoms with van der Waals surface area (Å²) in [6.07, 6.45) is 1.60. The summed E-state index contributed by atoms with van der Waals surface area (Å²) < 4.78 is 26.4. The molecular formula is C10H15Cl2NO3S2. The lowest BCUT2D eigenvalue weighted by molar-refractivity contribution is 0.252. The molecule has 0 aliphatic rings. The van der Waals surface area contributed by atoms with Gasteiger partial charge in [0.15, 0.2) is 0 Å². The summed E-state index contributed by atoms with van der Waals surface area (Å²) in [5.74, 6) is 0. The Morgan fingerprint density at radius 3 is 2.50 bits per heavy atom. The van der Waals surface area contributed by atoms with Gasteiger partial charge in [0.1, 0.15) is 9.23 Å². The van der Waals surface area contributed by atoms with Crippen molar-refractivity contribution >= 4 is 44.6 Å². The predicted octanol–water partition coefficient (Wildman–Crippen LogP) is 2.84. The third-order valence-corrected chi connectivity index (χ3v) is 6.01. The van der Waals surface area contributed by atoms with Crippen LogP contribution >= 0.6 is 34.5 Å². The molecule has 0 bridgehead atoms. The second-order valence-corrected chi connectivity index (χ2v) is 7.86. The van der Waals surface area contributed by atoms with Crippen LogP contribution in [0.5, 0.6) is 0 Å². The molecule has 104 valence electrons. The molecule has 0 radical (unpaired) electrons. The van der Waals surface area contributed by atoms with Gasteiger partial charge < -0.3 is 5.11 Å². The summed E-state index contributed by atoms with van der Waals surface area (Å²) in [6.45, 7) is 2.17. The number of thiophene rings is 1. The Kier molecular flexibility index (Phi) is 6.37. The fourth-order valence-corrected chi connectivity index (χ4v) is 5.02. The highest BCUT2D eigenvalue weighted by Crippen LogP contribution is 2.35. The Morgan fingerprint density at radius 1 is 1.39 bits per heavy atom. The number of hydrogen-bond acceptors (Lipinski definition) is 4. The van der Waals surface area contributed by atoms with E-state index in [9.17, 15) is 8.42 Å². The first kappa shape index (κ1) is 16.2. The molecule has 0 saturated carbocycles. The van der Waals surface area contributed by atoms with E-state index in [2.05, 4.69) is 0 Å². The molecule has 1 N–H and O–H groups in total. The zero-order valence-electron chi connectivity index (χ0n) is 9.90. The third kappa shape index (κ3) is 3.82. The molecular weight excluding hydrogens is 317 g/mol. The summed E-state index contributed by atoms with van der Waals surface area (Å²) >= 11 is 12.7. The summed E-state index contributed by atoms with van der Waals surface area (Å²) in [4.78, 5) is 0.0173. The fraction of sp³-hybridized carbons (Fsp3) is 0.600. The second kappa shape index (κ2) is 7.07. The van der Waals surface area contributed by atoms with E-state index in [1.165, 1.54) is 10.4 Å². The van der Waals surface area contributed by atoms with E-state index in [1.54, 1.807) is 0 Å².